The SMILES string of the molecule is Cc1nc(-c2cccc3ccccc23)sc1CNC1CC1. The number of fused-ring (bicyclic) bond motifs is 1. The van der Waals surface area contributed by atoms with Gasteiger partial charge >= 0.3 is 0 Å². The van der Waals surface area contributed by atoms with Gasteiger partial charge in [0.1, 0.15) is 5.01 Å². The Labute approximate surface area is 128 Å². The van der Waals surface area contributed by atoms with Gasteiger partial charge in [-0.3, -0.25) is 0 Å². The van der Waals surface area contributed by atoms with Gasteiger partial charge < -0.3 is 5.32 Å². The molecule has 1 aliphatic carbocycles. The number of aromatic nitrogens is 1. The predicted molar refractivity (Wildman–Crippen MR) is 89.7 cm³/mol. The van der Waals surface area contributed by atoms with E-state index in [1.807, 2.05) is 11.3 Å². The molecule has 0 radical (unpaired) electrons. The minimum Gasteiger partial charge on any atom is -0.309 e. The van der Waals surface area contributed by atoms with Crippen LogP contribution in [-0.4, -0.2) is 11.0 Å². The molecular weight excluding hydrogens is 276 g/mol. The first-order chi connectivity index (χ1) is 10.3. The highest BCUT2D eigenvalue weighted by Gasteiger charge is 2.21. The van der Waals surface area contributed by atoms with E-state index in [9.17, 15) is 0 Å². The molecule has 0 aliphatic heterocycles. The van der Waals surface area contributed by atoms with Crippen LogP contribution in [0.25, 0.3) is 21.3 Å². The van der Waals surface area contributed by atoms with Crippen LogP contribution in [0.3, 0.4) is 0 Å². The molecule has 1 fully saturated rings. The first-order valence-corrected chi connectivity index (χ1v) is 8.31. The van der Waals surface area contributed by atoms with E-state index in [1.165, 1.54) is 34.1 Å². The molecule has 1 aromatic heterocycles. The van der Waals surface area contributed by atoms with Crippen LogP contribution >= 0.6 is 11.3 Å². The van der Waals surface area contributed by atoms with Crippen molar-refractivity contribution in [1.82, 2.24) is 10.3 Å². The molecule has 1 aliphatic rings. The molecule has 3 heteroatoms. The summed E-state index contributed by atoms with van der Waals surface area (Å²) in [6.45, 7) is 3.08. The summed E-state index contributed by atoms with van der Waals surface area (Å²) in [4.78, 5) is 6.17. The van der Waals surface area contributed by atoms with Crippen molar-refractivity contribution in [3.63, 3.8) is 0 Å². The molecule has 2 aromatic carbocycles. The van der Waals surface area contributed by atoms with E-state index in [-0.39, 0.29) is 0 Å². The Kier molecular flexibility index (Phi) is 3.24. The van der Waals surface area contributed by atoms with Crippen LogP contribution in [0.4, 0.5) is 0 Å². The fraction of sp³-hybridized carbons (Fsp3) is 0.278. The standard InChI is InChI=1S/C18H18N2S/c1-12-17(11-19-14-9-10-14)21-18(20-12)16-8-4-6-13-5-2-3-7-15(13)16/h2-8,14,19H,9-11H2,1H3. The minimum atomic E-state index is 0.743. The molecule has 1 N–H and O–H groups in total. The van der Waals surface area contributed by atoms with Gasteiger partial charge in [0.25, 0.3) is 0 Å². The second-order valence-corrected chi connectivity index (χ2v) is 6.79. The topological polar surface area (TPSA) is 24.9 Å². The van der Waals surface area contributed by atoms with E-state index in [2.05, 4.69) is 54.7 Å². The Morgan fingerprint density at radius 1 is 1.14 bits per heavy atom. The van der Waals surface area contributed by atoms with Gasteiger partial charge in [0, 0.05) is 23.0 Å². The van der Waals surface area contributed by atoms with Crippen LogP contribution in [0.5, 0.6) is 0 Å². The van der Waals surface area contributed by atoms with Gasteiger partial charge in [-0.25, -0.2) is 4.98 Å². The molecule has 0 bridgehead atoms. The van der Waals surface area contributed by atoms with Crippen molar-refractivity contribution in [3.05, 3.63) is 53.0 Å². The molecule has 0 amide bonds. The summed E-state index contributed by atoms with van der Waals surface area (Å²) < 4.78 is 0. The summed E-state index contributed by atoms with van der Waals surface area (Å²) in [5, 5.41) is 7.29. The number of thiazole rings is 1. The average Bonchev–Trinajstić information content (AvgIpc) is 3.27. The third-order valence-electron chi connectivity index (χ3n) is 4.04. The molecule has 0 unspecified atom stereocenters. The number of aryl methyl sites for hydroxylation is 1. The second kappa shape index (κ2) is 5.24. The zero-order valence-corrected chi connectivity index (χ0v) is 12.9. The maximum absolute atomic E-state index is 4.81. The summed E-state index contributed by atoms with van der Waals surface area (Å²) in [6.07, 6.45) is 2.65. The second-order valence-electron chi connectivity index (χ2n) is 5.71. The summed E-state index contributed by atoms with van der Waals surface area (Å²) in [5.41, 5.74) is 2.41. The number of rotatable bonds is 4. The lowest BCUT2D eigenvalue weighted by Crippen LogP contribution is -2.14. The molecule has 2 nitrogen and oxygen atoms in total. The lowest BCUT2D eigenvalue weighted by molar-refractivity contribution is 0.691. The van der Waals surface area contributed by atoms with Gasteiger partial charge in [-0.15, -0.1) is 11.3 Å². The van der Waals surface area contributed by atoms with E-state index >= 15 is 0 Å². The Balaban J connectivity index is 1.72. The lowest BCUT2D eigenvalue weighted by atomic mass is 10.1. The summed E-state index contributed by atoms with van der Waals surface area (Å²) in [7, 11) is 0. The van der Waals surface area contributed by atoms with E-state index in [4.69, 9.17) is 4.98 Å². The average molecular weight is 294 g/mol. The zero-order valence-electron chi connectivity index (χ0n) is 12.1. The molecule has 4 rings (SSSR count). The number of hydrogen-bond donors (Lipinski definition) is 1. The summed E-state index contributed by atoms with van der Waals surface area (Å²) in [5.74, 6) is 0. The maximum Gasteiger partial charge on any atom is 0.124 e. The number of nitrogens with one attached hydrogen (secondary N) is 1. The van der Waals surface area contributed by atoms with E-state index < -0.39 is 0 Å². The zero-order chi connectivity index (χ0) is 14.2. The Morgan fingerprint density at radius 2 is 1.95 bits per heavy atom. The van der Waals surface area contributed by atoms with Gasteiger partial charge in [0.15, 0.2) is 0 Å². The van der Waals surface area contributed by atoms with Crippen LogP contribution in [-0.2, 0) is 6.54 Å². The van der Waals surface area contributed by atoms with E-state index in [0.717, 1.165) is 23.3 Å². The Hall–Kier alpha value is -1.71. The molecule has 0 saturated heterocycles. The maximum atomic E-state index is 4.81. The largest absolute Gasteiger partial charge is 0.309 e. The van der Waals surface area contributed by atoms with Crippen molar-refractivity contribution in [2.75, 3.05) is 0 Å². The fourth-order valence-electron chi connectivity index (χ4n) is 2.64. The molecular formula is C18H18N2S. The minimum absolute atomic E-state index is 0.743. The first kappa shape index (κ1) is 13.0. The molecule has 21 heavy (non-hydrogen) atoms. The molecule has 3 aromatic rings. The third-order valence-corrected chi connectivity index (χ3v) is 5.23. The van der Waals surface area contributed by atoms with Crippen molar-refractivity contribution >= 4 is 22.1 Å². The van der Waals surface area contributed by atoms with Crippen molar-refractivity contribution in [3.8, 4) is 10.6 Å². The Bertz CT molecular complexity index is 782. The van der Waals surface area contributed by atoms with E-state index in [1.54, 1.807) is 0 Å². The van der Waals surface area contributed by atoms with Crippen molar-refractivity contribution in [2.45, 2.75) is 32.4 Å². The molecule has 0 atom stereocenters. The smallest absolute Gasteiger partial charge is 0.124 e. The van der Waals surface area contributed by atoms with Gasteiger partial charge in [0.05, 0.1) is 5.69 Å². The quantitative estimate of drug-likeness (QED) is 0.765. The van der Waals surface area contributed by atoms with Crippen molar-refractivity contribution in [1.29, 1.82) is 0 Å². The fourth-order valence-corrected chi connectivity index (χ4v) is 3.70. The number of hydrogen-bond acceptors (Lipinski definition) is 3. The first-order valence-electron chi connectivity index (χ1n) is 7.49. The third kappa shape index (κ3) is 2.59. The molecule has 0 spiro atoms. The lowest BCUT2D eigenvalue weighted by Gasteiger charge is -2.03. The Morgan fingerprint density at radius 3 is 2.81 bits per heavy atom. The van der Waals surface area contributed by atoms with Gasteiger partial charge in [-0.2, -0.15) is 0 Å². The van der Waals surface area contributed by atoms with Crippen molar-refractivity contribution < 1.29 is 0 Å². The summed E-state index contributed by atoms with van der Waals surface area (Å²) >= 11 is 1.82. The van der Waals surface area contributed by atoms with Gasteiger partial charge in [-0.05, 0) is 30.5 Å². The van der Waals surface area contributed by atoms with E-state index in [0.29, 0.717) is 0 Å². The molecule has 1 heterocycles. The molecule has 106 valence electrons. The van der Waals surface area contributed by atoms with Crippen LogP contribution in [0.15, 0.2) is 42.5 Å². The number of benzene rings is 2. The highest BCUT2D eigenvalue weighted by Crippen LogP contribution is 2.33. The molecule has 1 saturated carbocycles. The van der Waals surface area contributed by atoms with Gasteiger partial charge in [-0.1, -0.05) is 42.5 Å². The highest BCUT2D eigenvalue weighted by molar-refractivity contribution is 7.15. The van der Waals surface area contributed by atoms with Crippen LogP contribution in [0, 0.1) is 6.92 Å². The normalized spacial score (nSPS) is 14.7. The summed E-state index contributed by atoms with van der Waals surface area (Å²) in [6, 6.07) is 15.7. The number of nitrogens with zero attached hydrogens (tertiary/aromatic N) is 1. The monoisotopic (exact) mass is 294 g/mol. The highest BCUT2D eigenvalue weighted by atomic mass is 32.1. The van der Waals surface area contributed by atoms with Crippen LogP contribution in [0.1, 0.15) is 23.4 Å². The van der Waals surface area contributed by atoms with Gasteiger partial charge in [0.2, 0.25) is 0 Å². The van der Waals surface area contributed by atoms with Crippen molar-refractivity contribution in [2.24, 2.45) is 0 Å². The predicted octanol–water partition coefficient (Wildman–Crippen LogP) is 4.52. The van der Waals surface area contributed by atoms with Crippen LogP contribution in [0.2, 0.25) is 0 Å². The van der Waals surface area contributed by atoms with Crippen LogP contribution < -0.4 is 5.32 Å².